The molecule has 0 aliphatic carbocycles. The summed E-state index contributed by atoms with van der Waals surface area (Å²) in [4.78, 5) is 39.8. The van der Waals surface area contributed by atoms with Gasteiger partial charge in [0.15, 0.2) is 11.4 Å². The number of carbonyl (C=O) groups excluding carboxylic acids is 2. The van der Waals surface area contributed by atoms with Crippen LogP contribution in [0.15, 0.2) is 41.3 Å². The predicted molar refractivity (Wildman–Crippen MR) is 95.9 cm³/mol. The Morgan fingerprint density at radius 1 is 1.22 bits per heavy atom. The van der Waals surface area contributed by atoms with Gasteiger partial charge in [0.05, 0.1) is 6.04 Å². The van der Waals surface area contributed by atoms with Gasteiger partial charge >= 0.3 is 0 Å². The molecule has 27 heavy (non-hydrogen) atoms. The fraction of sp³-hybridized carbons (Fsp3) is 0.316. The molecule has 0 saturated carbocycles. The highest BCUT2D eigenvalue weighted by Crippen LogP contribution is 2.28. The molecule has 0 spiro atoms. The molecule has 2 aromatic rings. The number of amides is 2. The number of halogens is 1. The van der Waals surface area contributed by atoms with Crippen LogP contribution >= 0.6 is 0 Å². The molecule has 2 amide bonds. The summed E-state index contributed by atoms with van der Waals surface area (Å²) in [6.07, 6.45) is 1.54. The van der Waals surface area contributed by atoms with Gasteiger partial charge in [-0.3, -0.25) is 14.4 Å². The van der Waals surface area contributed by atoms with E-state index in [0.717, 1.165) is 0 Å². The molecular formula is C19H20FN3O4. The first-order chi connectivity index (χ1) is 12.8. The summed E-state index contributed by atoms with van der Waals surface area (Å²) in [5, 5.41) is 10.2. The van der Waals surface area contributed by atoms with Crippen molar-refractivity contribution in [2.45, 2.75) is 19.0 Å². The summed E-state index contributed by atoms with van der Waals surface area (Å²) in [7, 11) is 3.27. The molecule has 0 fully saturated rings. The van der Waals surface area contributed by atoms with Crippen LogP contribution in [0.3, 0.4) is 0 Å². The summed E-state index contributed by atoms with van der Waals surface area (Å²) >= 11 is 0. The van der Waals surface area contributed by atoms with Crippen LogP contribution in [-0.2, 0) is 11.3 Å². The van der Waals surface area contributed by atoms with Crippen LogP contribution in [0.4, 0.5) is 4.39 Å². The minimum atomic E-state index is -0.657. The summed E-state index contributed by atoms with van der Waals surface area (Å²) in [5.74, 6) is -1.66. The molecule has 0 saturated heterocycles. The molecule has 2 heterocycles. The molecule has 1 aliphatic heterocycles. The van der Waals surface area contributed by atoms with E-state index in [-0.39, 0.29) is 36.9 Å². The number of pyridine rings is 1. The number of nitrogens with zero attached hydrogens (tertiary/aromatic N) is 3. The van der Waals surface area contributed by atoms with Crippen molar-refractivity contribution < 1.29 is 19.1 Å². The van der Waals surface area contributed by atoms with Crippen molar-refractivity contribution in [2.75, 3.05) is 20.6 Å². The first-order valence-corrected chi connectivity index (χ1v) is 8.46. The third kappa shape index (κ3) is 3.69. The van der Waals surface area contributed by atoms with Crippen LogP contribution in [0.2, 0.25) is 0 Å². The summed E-state index contributed by atoms with van der Waals surface area (Å²) in [5.41, 5.74) is -0.0861. The number of aromatic nitrogens is 1. The Bertz CT molecular complexity index is 937. The minimum absolute atomic E-state index is 0.107. The van der Waals surface area contributed by atoms with Gasteiger partial charge in [0, 0.05) is 45.9 Å². The predicted octanol–water partition coefficient (Wildman–Crippen LogP) is 1.37. The van der Waals surface area contributed by atoms with Crippen molar-refractivity contribution in [2.24, 2.45) is 0 Å². The highest BCUT2D eigenvalue weighted by Gasteiger charge is 2.34. The summed E-state index contributed by atoms with van der Waals surface area (Å²) in [6, 6.07) is 6.47. The number of rotatable bonds is 4. The second-order valence-corrected chi connectivity index (χ2v) is 6.74. The lowest BCUT2D eigenvalue weighted by molar-refractivity contribution is -0.129. The van der Waals surface area contributed by atoms with Gasteiger partial charge in [-0.1, -0.05) is 12.1 Å². The average molecular weight is 373 g/mol. The van der Waals surface area contributed by atoms with Gasteiger partial charge < -0.3 is 19.5 Å². The normalized spacial score (nSPS) is 16.2. The van der Waals surface area contributed by atoms with E-state index in [2.05, 4.69) is 0 Å². The van der Waals surface area contributed by atoms with E-state index in [1.165, 1.54) is 38.8 Å². The Labute approximate surface area is 155 Å². The van der Waals surface area contributed by atoms with E-state index in [9.17, 15) is 23.9 Å². The van der Waals surface area contributed by atoms with E-state index in [1.54, 1.807) is 26.2 Å². The zero-order chi connectivity index (χ0) is 19.7. The van der Waals surface area contributed by atoms with Crippen molar-refractivity contribution in [3.63, 3.8) is 0 Å². The van der Waals surface area contributed by atoms with Crippen LogP contribution in [0.5, 0.6) is 5.75 Å². The molecule has 0 radical (unpaired) electrons. The van der Waals surface area contributed by atoms with Crippen LogP contribution in [0.25, 0.3) is 0 Å². The molecular weight excluding hydrogens is 353 g/mol. The van der Waals surface area contributed by atoms with E-state index in [0.29, 0.717) is 5.56 Å². The smallest absolute Gasteiger partial charge is 0.274 e. The number of aromatic hydroxyl groups is 1. The van der Waals surface area contributed by atoms with Crippen molar-refractivity contribution >= 4 is 11.8 Å². The van der Waals surface area contributed by atoms with Crippen molar-refractivity contribution in [1.29, 1.82) is 0 Å². The Kier molecular flexibility index (Phi) is 4.98. The Morgan fingerprint density at radius 3 is 2.52 bits per heavy atom. The third-order valence-corrected chi connectivity index (χ3v) is 4.61. The maximum atomic E-state index is 13.1. The lowest BCUT2D eigenvalue weighted by atomic mass is 10.1. The summed E-state index contributed by atoms with van der Waals surface area (Å²) in [6.45, 7) is 0.402. The largest absolute Gasteiger partial charge is 0.503 e. The van der Waals surface area contributed by atoms with Gasteiger partial charge in [-0.05, 0) is 17.7 Å². The van der Waals surface area contributed by atoms with E-state index >= 15 is 0 Å². The molecule has 7 nitrogen and oxygen atoms in total. The molecule has 0 bridgehead atoms. The molecule has 1 unspecified atom stereocenters. The first kappa shape index (κ1) is 18.6. The highest BCUT2D eigenvalue weighted by molar-refractivity contribution is 5.96. The van der Waals surface area contributed by atoms with E-state index in [4.69, 9.17) is 0 Å². The van der Waals surface area contributed by atoms with Crippen LogP contribution in [-0.4, -0.2) is 51.9 Å². The Balaban J connectivity index is 1.98. The fourth-order valence-corrected chi connectivity index (χ4v) is 3.13. The molecule has 142 valence electrons. The van der Waals surface area contributed by atoms with Gasteiger partial charge in [0.25, 0.3) is 5.91 Å². The van der Waals surface area contributed by atoms with E-state index < -0.39 is 23.1 Å². The first-order valence-electron chi connectivity index (χ1n) is 8.46. The second-order valence-electron chi connectivity index (χ2n) is 6.74. The SMILES string of the molecule is CN(C)C(=O)CC1CN(Cc2ccc(F)cc2)C(=O)c2c(O)c(=O)ccn21. The molecule has 1 N–H and O–H groups in total. The van der Waals surface area contributed by atoms with Crippen LogP contribution in [0, 0.1) is 5.82 Å². The van der Waals surface area contributed by atoms with Gasteiger partial charge in [0.2, 0.25) is 11.3 Å². The number of hydrogen-bond acceptors (Lipinski definition) is 4. The second kappa shape index (κ2) is 7.22. The molecule has 1 aromatic heterocycles. The topological polar surface area (TPSA) is 82.9 Å². The zero-order valence-corrected chi connectivity index (χ0v) is 15.1. The van der Waals surface area contributed by atoms with Gasteiger partial charge in [-0.25, -0.2) is 4.39 Å². The molecule has 8 heteroatoms. The lowest BCUT2D eigenvalue weighted by Gasteiger charge is -2.36. The minimum Gasteiger partial charge on any atom is -0.503 e. The van der Waals surface area contributed by atoms with Gasteiger partial charge in [0.1, 0.15) is 5.82 Å². The van der Waals surface area contributed by atoms with Crippen LogP contribution < -0.4 is 5.43 Å². The quantitative estimate of drug-likeness (QED) is 0.878. The average Bonchev–Trinajstić information content (AvgIpc) is 2.63. The van der Waals surface area contributed by atoms with Crippen LogP contribution in [0.1, 0.15) is 28.5 Å². The van der Waals surface area contributed by atoms with E-state index in [1.807, 2.05) is 0 Å². The van der Waals surface area contributed by atoms with Gasteiger partial charge in [-0.15, -0.1) is 0 Å². The maximum Gasteiger partial charge on any atom is 0.274 e. The Hall–Kier alpha value is -3.16. The van der Waals surface area contributed by atoms with Crippen molar-refractivity contribution in [1.82, 2.24) is 14.4 Å². The molecule has 1 aliphatic rings. The van der Waals surface area contributed by atoms with Crippen molar-refractivity contribution in [3.8, 4) is 5.75 Å². The molecule has 3 rings (SSSR count). The highest BCUT2D eigenvalue weighted by atomic mass is 19.1. The van der Waals surface area contributed by atoms with Crippen molar-refractivity contribution in [3.05, 3.63) is 63.8 Å². The standard InChI is InChI=1S/C19H20FN3O4/c1-21(2)16(25)9-14-11-22(10-12-3-5-13(20)6-4-12)19(27)17-18(26)15(24)7-8-23(14)17/h3-8,14,26H,9-11H2,1-2H3. The fourth-order valence-electron chi connectivity index (χ4n) is 3.13. The third-order valence-electron chi connectivity index (χ3n) is 4.61. The lowest BCUT2D eigenvalue weighted by Crippen LogP contribution is -2.45. The zero-order valence-electron chi connectivity index (χ0n) is 15.1. The number of fused-ring (bicyclic) bond motifs is 1. The summed E-state index contributed by atoms with van der Waals surface area (Å²) < 4.78 is 14.6. The monoisotopic (exact) mass is 373 g/mol. The Morgan fingerprint density at radius 2 is 1.89 bits per heavy atom. The molecule has 1 aromatic carbocycles. The molecule has 1 atom stereocenters. The number of benzene rings is 1. The number of hydrogen-bond donors (Lipinski definition) is 1. The maximum absolute atomic E-state index is 13.1. The number of carbonyl (C=O) groups is 2. The van der Waals surface area contributed by atoms with Gasteiger partial charge in [-0.2, -0.15) is 0 Å².